The number of hydrogen-bond donors (Lipinski definition) is 0. The molecule has 6 heteroatoms. The van der Waals surface area contributed by atoms with Crippen LogP contribution >= 0.6 is 0 Å². The normalized spacial score (nSPS) is 15.6. The molecule has 1 aliphatic rings. The first-order valence-electron chi connectivity index (χ1n) is 6.01. The number of methoxy groups -OCH3 is 1. The molecule has 0 aromatic heterocycles. The molecule has 0 fully saturated rings. The van der Waals surface area contributed by atoms with E-state index in [0.29, 0.717) is 11.3 Å². The molecule has 1 amide bonds. The van der Waals surface area contributed by atoms with Gasteiger partial charge in [-0.1, -0.05) is 6.07 Å². The van der Waals surface area contributed by atoms with Crippen molar-refractivity contribution in [3.05, 3.63) is 34.9 Å². The van der Waals surface area contributed by atoms with Crippen molar-refractivity contribution < 1.29 is 22.7 Å². The highest BCUT2D eigenvalue weighted by Gasteiger charge is 2.34. The second kappa shape index (κ2) is 5.19. The number of hydrogen-bond acceptors (Lipinski definition) is 2. The Hall–Kier alpha value is -1.98. The molecule has 1 aromatic rings. The lowest BCUT2D eigenvalue weighted by atomic mass is 10.1. The van der Waals surface area contributed by atoms with Crippen molar-refractivity contribution in [3.8, 4) is 5.75 Å². The lowest BCUT2D eigenvalue weighted by Crippen LogP contribution is -2.38. The van der Waals surface area contributed by atoms with E-state index in [0.717, 1.165) is 10.5 Å². The number of benzene rings is 1. The number of halogens is 3. The number of carbonyl (C=O) groups is 1. The fraction of sp³-hybridized carbons (Fsp3) is 0.357. The number of nitrogens with zero attached hydrogens (tertiary/aromatic N) is 1. The van der Waals surface area contributed by atoms with Gasteiger partial charge in [-0.2, -0.15) is 13.2 Å². The van der Waals surface area contributed by atoms with Crippen molar-refractivity contribution in [1.29, 1.82) is 0 Å². The molecular formula is C14H14F3NO2. The van der Waals surface area contributed by atoms with E-state index in [2.05, 4.69) is 0 Å². The van der Waals surface area contributed by atoms with Crippen LogP contribution in [-0.2, 0) is 11.3 Å². The molecule has 0 N–H and O–H groups in total. The minimum Gasteiger partial charge on any atom is -0.497 e. The zero-order chi connectivity index (χ0) is 14.9. The van der Waals surface area contributed by atoms with Crippen LogP contribution in [-0.4, -0.2) is 30.6 Å². The average molecular weight is 285 g/mol. The Kier molecular flexibility index (Phi) is 3.74. The summed E-state index contributed by atoms with van der Waals surface area (Å²) in [5.74, 6) is -0.0476. The lowest BCUT2D eigenvalue weighted by Gasteiger charge is -2.23. The number of alkyl halides is 3. The van der Waals surface area contributed by atoms with Crippen LogP contribution in [0.2, 0.25) is 0 Å². The Balaban J connectivity index is 2.40. The number of carbonyl (C=O) groups excluding carboxylic acids is 1. The van der Waals surface area contributed by atoms with Crippen molar-refractivity contribution in [1.82, 2.24) is 4.90 Å². The molecule has 0 atom stereocenters. The molecule has 0 saturated heterocycles. The lowest BCUT2D eigenvalue weighted by molar-refractivity contribution is -0.159. The minimum atomic E-state index is -4.42. The number of fused-ring (bicyclic) bond motifs is 1. The molecule has 0 saturated carbocycles. The van der Waals surface area contributed by atoms with Crippen LogP contribution in [0.5, 0.6) is 5.75 Å². The third kappa shape index (κ3) is 3.12. The summed E-state index contributed by atoms with van der Waals surface area (Å²) in [7, 11) is 1.48. The molecule has 0 bridgehead atoms. The van der Waals surface area contributed by atoms with E-state index in [1.165, 1.54) is 14.0 Å². The van der Waals surface area contributed by atoms with Crippen LogP contribution in [0.3, 0.4) is 0 Å². The average Bonchev–Trinajstić information content (AvgIpc) is 2.46. The zero-order valence-corrected chi connectivity index (χ0v) is 11.1. The number of rotatable bonds is 2. The van der Waals surface area contributed by atoms with Gasteiger partial charge in [0.05, 0.1) is 7.11 Å². The predicted octanol–water partition coefficient (Wildman–Crippen LogP) is 3.00. The van der Waals surface area contributed by atoms with E-state index < -0.39 is 18.6 Å². The van der Waals surface area contributed by atoms with Gasteiger partial charge in [-0.3, -0.25) is 4.79 Å². The van der Waals surface area contributed by atoms with Crippen molar-refractivity contribution in [2.75, 3.05) is 13.7 Å². The van der Waals surface area contributed by atoms with E-state index in [9.17, 15) is 18.0 Å². The molecule has 2 rings (SSSR count). The monoisotopic (exact) mass is 285 g/mol. The first kappa shape index (κ1) is 14.4. The fourth-order valence-electron chi connectivity index (χ4n) is 2.15. The molecule has 0 aliphatic carbocycles. The molecule has 1 heterocycles. The highest BCUT2D eigenvalue weighted by atomic mass is 19.4. The Morgan fingerprint density at radius 1 is 1.35 bits per heavy atom. The maximum Gasteiger partial charge on any atom is 0.406 e. The van der Waals surface area contributed by atoms with Gasteiger partial charge in [-0.25, -0.2) is 0 Å². The van der Waals surface area contributed by atoms with Crippen LogP contribution in [0.4, 0.5) is 13.2 Å². The van der Waals surface area contributed by atoms with Gasteiger partial charge in [0.25, 0.3) is 0 Å². The minimum absolute atomic E-state index is 0.0846. The largest absolute Gasteiger partial charge is 0.497 e. The molecule has 20 heavy (non-hydrogen) atoms. The third-order valence-corrected chi connectivity index (χ3v) is 3.08. The molecule has 3 nitrogen and oxygen atoms in total. The quantitative estimate of drug-likeness (QED) is 0.836. The second-order valence-corrected chi connectivity index (χ2v) is 4.67. The van der Waals surface area contributed by atoms with E-state index >= 15 is 0 Å². The van der Waals surface area contributed by atoms with Gasteiger partial charge in [0.2, 0.25) is 5.91 Å². The van der Waals surface area contributed by atoms with E-state index in [1.807, 2.05) is 0 Å². The summed E-state index contributed by atoms with van der Waals surface area (Å²) in [5, 5.41) is 0. The smallest absolute Gasteiger partial charge is 0.406 e. The van der Waals surface area contributed by atoms with E-state index in [4.69, 9.17) is 4.74 Å². The van der Waals surface area contributed by atoms with Gasteiger partial charge in [-0.15, -0.1) is 0 Å². The molecule has 0 spiro atoms. The highest BCUT2D eigenvalue weighted by molar-refractivity contribution is 5.98. The summed E-state index contributed by atoms with van der Waals surface area (Å²) in [6.45, 7) is 0.178. The third-order valence-electron chi connectivity index (χ3n) is 3.08. The standard InChI is InChI=1S/C14H14F3NO2/c1-9-5-10-3-4-12(20-2)6-11(10)7-18(13(9)19)8-14(15,16)17/h3-6H,7-8H2,1-2H3. The molecule has 0 unspecified atom stereocenters. The number of amides is 1. The predicted molar refractivity (Wildman–Crippen MR) is 68.1 cm³/mol. The van der Waals surface area contributed by atoms with Gasteiger partial charge in [0, 0.05) is 12.1 Å². The Labute approximate surface area is 114 Å². The SMILES string of the molecule is COc1ccc2c(c1)CN(CC(F)(F)F)C(=O)C(C)=C2. The van der Waals surface area contributed by atoms with E-state index in [-0.39, 0.29) is 12.1 Å². The zero-order valence-electron chi connectivity index (χ0n) is 11.1. The highest BCUT2D eigenvalue weighted by Crippen LogP contribution is 2.27. The number of ether oxygens (including phenoxy) is 1. The van der Waals surface area contributed by atoms with Crippen LogP contribution in [0, 0.1) is 0 Å². The Morgan fingerprint density at radius 3 is 2.65 bits per heavy atom. The van der Waals surface area contributed by atoms with Crippen LogP contribution < -0.4 is 4.74 Å². The maximum absolute atomic E-state index is 12.6. The maximum atomic E-state index is 12.6. The van der Waals surface area contributed by atoms with Crippen molar-refractivity contribution in [2.24, 2.45) is 0 Å². The first-order chi connectivity index (χ1) is 9.30. The molecule has 0 radical (unpaired) electrons. The second-order valence-electron chi connectivity index (χ2n) is 4.67. The summed E-state index contributed by atoms with van der Waals surface area (Å²) >= 11 is 0. The molecule has 1 aromatic carbocycles. The van der Waals surface area contributed by atoms with Crippen molar-refractivity contribution in [3.63, 3.8) is 0 Å². The van der Waals surface area contributed by atoms with Gasteiger partial charge in [0.15, 0.2) is 0 Å². The molecule has 108 valence electrons. The summed E-state index contributed by atoms with van der Waals surface area (Å²) in [6.07, 6.45) is -2.81. The fourth-order valence-corrected chi connectivity index (χ4v) is 2.15. The van der Waals surface area contributed by atoms with Crippen molar-refractivity contribution in [2.45, 2.75) is 19.6 Å². The summed E-state index contributed by atoms with van der Waals surface area (Å²) < 4.78 is 42.7. The van der Waals surface area contributed by atoms with Gasteiger partial charge < -0.3 is 9.64 Å². The van der Waals surface area contributed by atoms with Crippen LogP contribution in [0.1, 0.15) is 18.1 Å². The molecule has 1 aliphatic heterocycles. The van der Waals surface area contributed by atoms with Gasteiger partial charge in [-0.05, 0) is 36.3 Å². The summed E-state index contributed by atoms with van der Waals surface area (Å²) in [6, 6.07) is 5.11. The first-order valence-corrected chi connectivity index (χ1v) is 6.01. The Bertz CT molecular complexity index is 564. The molecular weight excluding hydrogens is 271 g/mol. The van der Waals surface area contributed by atoms with Gasteiger partial charge >= 0.3 is 6.18 Å². The summed E-state index contributed by atoms with van der Waals surface area (Å²) in [5.41, 5.74) is 1.67. The Morgan fingerprint density at radius 2 is 2.05 bits per heavy atom. The van der Waals surface area contributed by atoms with Gasteiger partial charge in [0.1, 0.15) is 12.3 Å². The van der Waals surface area contributed by atoms with Crippen LogP contribution in [0.25, 0.3) is 6.08 Å². The topological polar surface area (TPSA) is 29.5 Å². The van der Waals surface area contributed by atoms with Crippen LogP contribution in [0.15, 0.2) is 23.8 Å². The summed E-state index contributed by atoms with van der Waals surface area (Å²) in [4.78, 5) is 12.8. The van der Waals surface area contributed by atoms with Crippen molar-refractivity contribution >= 4 is 12.0 Å². The van der Waals surface area contributed by atoms with E-state index in [1.54, 1.807) is 24.3 Å².